The van der Waals surface area contributed by atoms with Gasteiger partial charge in [-0.2, -0.15) is 0 Å². The van der Waals surface area contributed by atoms with Crippen molar-refractivity contribution in [3.05, 3.63) is 29.8 Å². The Hall–Kier alpha value is -2.77. The smallest absolute Gasteiger partial charge is 0.410 e. The molecule has 1 atom stereocenters. The minimum Gasteiger partial charge on any atom is -0.494 e. The fraction of sp³-hybridized carbons (Fsp3) is 0.550. The van der Waals surface area contributed by atoms with Crippen LogP contribution in [0.3, 0.4) is 0 Å². The van der Waals surface area contributed by atoms with Crippen LogP contribution in [0.4, 0.5) is 4.79 Å². The van der Waals surface area contributed by atoms with Crippen LogP contribution in [-0.2, 0) is 4.74 Å². The Balaban J connectivity index is 1.93. The first-order valence-corrected chi connectivity index (χ1v) is 9.36. The van der Waals surface area contributed by atoms with E-state index < -0.39 is 5.60 Å². The molecule has 1 aliphatic heterocycles. The largest absolute Gasteiger partial charge is 0.494 e. The predicted octanol–water partition coefficient (Wildman–Crippen LogP) is 3.32. The zero-order valence-electron chi connectivity index (χ0n) is 17.4. The SMILES string of the molecule is COc1cccc(OC)c1-n1c(C)nnc1[C@H]1CCN(C(=O)OC(C)(C)C)C1. The molecule has 2 heterocycles. The number of carbonyl (C=O) groups excluding carboxylic acids is 1. The van der Waals surface area contributed by atoms with E-state index in [1.54, 1.807) is 19.1 Å². The highest BCUT2D eigenvalue weighted by Gasteiger charge is 2.34. The Morgan fingerprint density at radius 1 is 1.14 bits per heavy atom. The Labute approximate surface area is 165 Å². The van der Waals surface area contributed by atoms with Crippen LogP contribution in [0.25, 0.3) is 5.69 Å². The van der Waals surface area contributed by atoms with Gasteiger partial charge >= 0.3 is 6.09 Å². The van der Waals surface area contributed by atoms with E-state index in [0.717, 1.165) is 23.8 Å². The van der Waals surface area contributed by atoms with E-state index in [2.05, 4.69) is 10.2 Å². The minimum absolute atomic E-state index is 0.0448. The second-order valence-electron chi connectivity index (χ2n) is 7.86. The van der Waals surface area contributed by atoms with Crippen molar-refractivity contribution < 1.29 is 19.0 Å². The summed E-state index contributed by atoms with van der Waals surface area (Å²) in [6.45, 7) is 8.65. The number of benzene rings is 1. The molecule has 0 radical (unpaired) electrons. The third-order valence-electron chi connectivity index (χ3n) is 4.68. The van der Waals surface area contributed by atoms with E-state index in [4.69, 9.17) is 14.2 Å². The number of aromatic nitrogens is 3. The summed E-state index contributed by atoms with van der Waals surface area (Å²) in [5.74, 6) is 2.90. The molecule has 1 saturated heterocycles. The van der Waals surface area contributed by atoms with Crippen molar-refractivity contribution in [2.75, 3.05) is 27.3 Å². The molecule has 152 valence electrons. The number of carbonyl (C=O) groups is 1. The van der Waals surface area contributed by atoms with Gasteiger partial charge in [-0.1, -0.05) is 6.07 Å². The maximum Gasteiger partial charge on any atom is 0.410 e. The highest BCUT2D eigenvalue weighted by Crippen LogP contribution is 2.37. The quantitative estimate of drug-likeness (QED) is 0.799. The molecule has 0 spiro atoms. The summed E-state index contributed by atoms with van der Waals surface area (Å²) in [6, 6.07) is 5.63. The molecule has 1 amide bonds. The maximum absolute atomic E-state index is 12.4. The number of methoxy groups -OCH3 is 2. The standard InChI is InChI=1S/C20H28N4O4/c1-13-21-22-18(14-10-11-23(12-14)19(25)28-20(2,3)4)24(13)17-15(26-5)8-7-9-16(17)27-6/h7-9,14H,10-12H2,1-6H3/t14-/m0/s1. The molecule has 0 aliphatic carbocycles. The summed E-state index contributed by atoms with van der Waals surface area (Å²) < 4.78 is 18.6. The molecular weight excluding hydrogens is 360 g/mol. The Morgan fingerprint density at radius 3 is 2.36 bits per heavy atom. The molecule has 3 rings (SSSR count). The Bertz CT molecular complexity index is 834. The van der Waals surface area contributed by atoms with Crippen LogP contribution in [-0.4, -0.2) is 58.7 Å². The molecule has 1 aliphatic rings. The zero-order chi connectivity index (χ0) is 20.5. The predicted molar refractivity (Wildman–Crippen MR) is 104 cm³/mol. The van der Waals surface area contributed by atoms with Crippen LogP contribution in [0.5, 0.6) is 11.5 Å². The number of ether oxygens (including phenoxy) is 3. The molecule has 1 aromatic carbocycles. The van der Waals surface area contributed by atoms with Crippen LogP contribution in [0, 0.1) is 6.92 Å². The summed E-state index contributed by atoms with van der Waals surface area (Å²) >= 11 is 0. The topological polar surface area (TPSA) is 78.7 Å². The van der Waals surface area contributed by atoms with Gasteiger partial charge in [0.25, 0.3) is 0 Å². The highest BCUT2D eigenvalue weighted by atomic mass is 16.6. The highest BCUT2D eigenvalue weighted by molar-refractivity contribution is 5.68. The first-order chi connectivity index (χ1) is 13.2. The normalized spacial score (nSPS) is 16.9. The third-order valence-corrected chi connectivity index (χ3v) is 4.68. The molecule has 2 aromatic rings. The lowest BCUT2D eigenvalue weighted by molar-refractivity contribution is 0.0292. The lowest BCUT2D eigenvalue weighted by Crippen LogP contribution is -2.35. The van der Waals surface area contributed by atoms with Gasteiger partial charge in [-0.05, 0) is 46.2 Å². The van der Waals surface area contributed by atoms with Crippen molar-refractivity contribution >= 4 is 6.09 Å². The number of amides is 1. The Kier molecular flexibility index (Phi) is 5.49. The molecule has 0 bridgehead atoms. The average Bonchev–Trinajstić information content (AvgIpc) is 3.26. The second-order valence-corrected chi connectivity index (χ2v) is 7.86. The minimum atomic E-state index is -0.517. The zero-order valence-corrected chi connectivity index (χ0v) is 17.4. The number of hydrogen-bond acceptors (Lipinski definition) is 6. The van der Waals surface area contributed by atoms with Gasteiger partial charge < -0.3 is 19.1 Å². The summed E-state index contributed by atoms with van der Waals surface area (Å²) in [7, 11) is 3.24. The van der Waals surface area contributed by atoms with Crippen molar-refractivity contribution in [1.29, 1.82) is 0 Å². The van der Waals surface area contributed by atoms with Gasteiger partial charge in [-0.25, -0.2) is 4.79 Å². The van der Waals surface area contributed by atoms with Crippen LogP contribution in [0.15, 0.2) is 18.2 Å². The number of nitrogens with zero attached hydrogens (tertiary/aromatic N) is 4. The van der Waals surface area contributed by atoms with Crippen molar-refractivity contribution in [3.63, 3.8) is 0 Å². The van der Waals surface area contributed by atoms with E-state index in [0.29, 0.717) is 24.6 Å². The summed E-state index contributed by atoms with van der Waals surface area (Å²) in [4.78, 5) is 14.1. The van der Waals surface area contributed by atoms with E-state index in [-0.39, 0.29) is 12.0 Å². The van der Waals surface area contributed by atoms with E-state index in [1.165, 1.54) is 0 Å². The molecule has 0 unspecified atom stereocenters. The van der Waals surface area contributed by atoms with E-state index >= 15 is 0 Å². The summed E-state index contributed by atoms with van der Waals surface area (Å²) in [5, 5.41) is 8.70. The van der Waals surface area contributed by atoms with Crippen LogP contribution in [0.2, 0.25) is 0 Å². The van der Waals surface area contributed by atoms with Crippen molar-refractivity contribution in [3.8, 4) is 17.2 Å². The molecule has 0 N–H and O–H groups in total. The van der Waals surface area contributed by atoms with Gasteiger partial charge in [0.1, 0.15) is 34.4 Å². The first-order valence-electron chi connectivity index (χ1n) is 9.36. The van der Waals surface area contributed by atoms with Gasteiger partial charge in [-0.15, -0.1) is 10.2 Å². The lowest BCUT2D eigenvalue weighted by Gasteiger charge is -2.24. The van der Waals surface area contributed by atoms with Crippen LogP contribution < -0.4 is 9.47 Å². The van der Waals surface area contributed by atoms with E-state index in [1.807, 2.05) is 50.5 Å². The molecule has 0 saturated carbocycles. The lowest BCUT2D eigenvalue weighted by atomic mass is 10.1. The molecule has 1 aromatic heterocycles. The number of rotatable bonds is 4. The average molecular weight is 388 g/mol. The first kappa shape index (κ1) is 20.0. The molecular formula is C20H28N4O4. The number of likely N-dealkylation sites (tertiary alicyclic amines) is 1. The molecule has 8 nitrogen and oxygen atoms in total. The van der Waals surface area contributed by atoms with Gasteiger partial charge in [0.2, 0.25) is 0 Å². The van der Waals surface area contributed by atoms with Crippen molar-refractivity contribution in [2.45, 2.75) is 45.6 Å². The third kappa shape index (κ3) is 3.90. The van der Waals surface area contributed by atoms with Gasteiger partial charge in [0.05, 0.1) is 14.2 Å². The summed E-state index contributed by atoms with van der Waals surface area (Å²) in [6.07, 6.45) is 0.488. The fourth-order valence-electron chi connectivity index (χ4n) is 3.43. The van der Waals surface area contributed by atoms with Gasteiger partial charge in [0.15, 0.2) is 0 Å². The number of aryl methyl sites for hydroxylation is 1. The second kappa shape index (κ2) is 7.69. The molecule has 8 heteroatoms. The number of hydrogen-bond donors (Lipinski definition) is 0. The molecule has 1 fully saturated rings. The van der Waals surface area contributed by atoms with Crippen LogP contribution >= 0.6 is 0 Å². The molecule has 28 heavy (non-hydrogen) atoms. The fourth-order valence-corrected chi connectivity index (χ4v) is 3.43. The maximum atomic E-state index is 12.4. The Morgan fingerprint density at radius 2 is 1.79 bits per heavy atom. The van der Waals surface area contributed by atoms with Crippen molar-refractivity contribution in [2.24, 2.45) is 0 Å². The van der Waals surface area contributed by atoms with Crippen LogP contribution in [0.1, 0.15) is 44.8 Å². The van der Waals surface area contributed by atoms with Gasteiger partial charge in [-0.3, -0.25) is 4.57 Å². The van der Waals surface area contributed by atoms with Gasteiger partial charge in [0, 0.05) is 19.0 Å². The van der Waals surface area contributed by atoms with Crippen molar-refractivity contribution in [1.82, 2.24) is 19.7 Å². The monoisotopic (exact) mass is 388 g/mol. The van der Waals surface area contributed by atoms with E-state index in [9.17, 15) is 4.79 Å². The number of para-hydroxylation sites is 1. The summed E-state index contributed by atoms with van der Waals surface area (Å²) in [5.41, 5.74) is 0.247.